The largest absolute Gasteiger partial charge is 0.465 e. The van der Waals surface area contributed by atoms with Crippen molar-refractivity contribution in [2.45, 2.75) is 25.7 Å². The molecule has 1 aromatic carbocycles. The van der Waals surface area contributed by atoms with Crippen LogP contribution in [-0.4, -0.2) is 18.9 Å². The summed E-state index contributed by atoms with van der Waals surface area (Å²) in [6.45, 7) is 0. The lowest BCUT2D eigenvalue weighted by atomic mass is 9.95. The van der Waals surface area contributed by atoms with Gasteiger partial charge in [-0.1, -0.05) is 0 Å². The molecule has 0 spiro atoms. The van der Waals surface area contributed by atoms with E-state index in [1.54, 1.807) is 6.07 Å². The molecule has 1 aliphatic carbocycles. The van der Waals surface area contributed by atoms with Gasteiger partial charge in [-0.2, -0.15) is 5.26 Å². The lowest BCUT2D eigenvalue weighted by Crippen LogP contribution is -2.09. The summed E-state index contributed by atoms with van der Waals surface area (Å²) >= 11 is 0. The Balaban J connectivity index is 2.59. The van der Waals surface area contributed by atoms with E-state index < -0.39 is 5.97 Å². The van der Waals surface area contributed by atoms with Crippen LogP contribution in [0.1, 0.15) is 51.1 Å². The minimum Gasteiger partial charge on any atom is -0.465 e. The number of hydrogen-bond donors (Lipinski definition) is 0. The van der Waals surface area contributed by atoms with E-state index in [-0.39, 0.29) is 16.9 Å². The molecule has 0 unspecified atom stereocenters. The zero-order valence-corrected chi connectivity index (χ0v) is 10.2. The van der Waals surface area contributed by atoms with Gasteiger partial charge in [0.1, 0.15) is 6.07 Å². The second-order valence-corrected chi connectivity index (χ2v) is 4.29. The van der Waals surface area contributed by atoms with E-state index in [4.69, 9.17) is 5.26 Å². The molecule has 4 heteroatoms. The van der Waals surface area contributed by atoms with E-state index in [9.17, 15) is 9.59 Å². The number of nitriles is 1. The van der Waals surface area contributed by atoms with Gasteiger partial charge in [-0.15, -0.1) is 0 Å². The summed E-state index contributed by atoms with van der Waals surface area (Å²) in [7, 11) is 1.28. The monoisotopic (exact) mass is 243 g/mol. The number of Topliss-reactive ketones (excluding diaryl/α,β-unsaturated/α-hetero) is 1. The summed E-state index contributed by atoms with van der Waals surface area (Å²) in [5, 5.41) is 9.05. The van der Waals surface area contributed by atoms with Gasteiger partial charge in [-0.25, -0.2) is 4.79 Å². The van der Waals surface area contributed by atoms with Crippen molar-refractivity contribution in [3.63, 3.8) is 0 Å². The maximum absolute atomic E-state index is 11.9. The highest BCUT2D eigenvalue weighted by molar-refractivity contribution is 6.00. The number of fused-ring (bicyclic) bond motifs is 1. The topological polar surface area (TPSA) is 67.2 Å². The molecule has 0 atom stereocenters. The van der Waals surface area contributed by atoms with Crippen molar-refractivity contribution in [2.24, 2.45) is 0 Å². The van der Waals surface area contributed by atoms with Crippen LogP contribution in [0.25, 0.3) is 0 Å². The van der Waals surface area contributed by atoms with Crippen molar-refractivity contribution in [3.05, 3.63) is 34.4 Å². The molecule has 0 saturated carbocycles. The minimum atomic E-state index is -0.536. The number of benzene rings is 1. The van der Waals surface area contributed by atoms with Crippen molar-refractivity contribution in [1.82, 2.24) is 0 Å². The Morgan fingerprint density at radius 3 is 2.72 bits per heavy atom. The van der Waals surface area contributed by atoms with Crippen molar-refractivity contribution in [2.75, 3.05) is 7.11 Å². The number of carbonyl (C=O) groups excluding carboxylic acids is 2. The summed E-state index contributed by atoms with van der Waals surface area (Å²) in [4.78, 5) is 23.5. The van der Waals surface area contributed by atoms with E-state index in [1.165, 1.54) is 13.2 Å². The molecule has 0 N–H and O–H groups in total. The number of aryl methyl sites for hydroxylation is 1. The molecule has 1 aliphatic rings. The Kier molecular flexibility index (Phi) is 3.42. The summed E-state index contributed by atoms with van der Waals surface area (Å²) in [6.07, 6.45) is 3.04. The Morgan fingerprint density at radius 1 is 1.33 bits per heavy atom. The average Bonchev–Trinajstić information content (AvgIpc) is 2.58. The van der Waals surface area contributed by atoms with Gasteiger partial charge in [-0.3, -0.25) is 4.79 Å². The molecule has 0 heterocycles. The fraction of sp³-hybridized carbons (Fsp3) is 0.357. The second kappa shape index (κ2) is 5.01. The quantitative estimate of drug-likeness (QED) is 0.560. The van der Waals surface area contributed by atoms with Crippen molar-refractivity contribution in [3.8, 4) is 6.07 Å². The van der Waals surface area contributed by atoms with Crippen molar-refractivity contribution >= 4 is 11.8 Å². The summed E-state index contributed by atoms with van der Waals surface area (Å²) in [5.74, 6) is -0.485. The molecular formula is C14H13NO3. The zero-order chi connectivity index (χ0) is 13.1. The predicted molar refractivity (Wildman–Crippen MR) is 64.4 cm³/mol. The Morgan fingerprint density at radius 2 is 2.06 bits per heavy atom. The van der Waals surface area contributed by atoms with Gasteiger partial charge in [-0.05, 0) is 37.0 Å². The van der Waals surface area contributed by atoms with Crippen molar-refractivity contribution in [1.29, 1.82) is 5.26 Å². The van der Waals surface area contributed by atoms with Gasteiger partial charge in [0.25, 0.3) is 0 Å². The number of ketones is 1. The third kappa shape index (κ3) is 2.12. The van der Waals surface area contributed by atoms with E-state index in [2.05, 4.69) is 4.74 Å². The molecule has 18 heavy (non-hydrogen) atoms. The highest BCUT2D eigenvalue weighted by Gasteiger charge is 2.21. The molecule has 1 aromatic rings. The standard InChI is InChI=1S/C14H13NO3/c1-18-14(17)12-6-9-4-2-3-5-13(16)11(9)7-10(12)8-15/h6-7H,2-5H2,1H3. The first-order valence-electron chi connectivity index (χ1n) is 5.86. The number of rotatable bonds is 1. The van der Waals surface area contributed by atoms with Crippen LogP contribution >= 0.6 is 0 Å². The number of esters is 1. The summed E-state index contributed by atoms with van der Waals surface area (Å²) in [5.41, 5.74) is 1.87. The lowest BCUT2D eigenvalue weighted by Gasteiger charge is -2.09. The van der Waals surface area contributed by atoms with Crippen LogP contribution in [0.4, 0.5) is 0 Å². The molecule has 92 valence electrons. The summed E-state index contributed by atoms with van der Waals surface area (Å²) < 4.78 is 4.65. The summed E-state index contributed by atoms with van der Waals surface area (Å²) in [6, 6.07) is 5.10. The molecule has 0 aliphatic heterocycles. The first kappa shape index (κ1) is 12.3. The number of nitrogens with zero attached hydrogens (tertiary/aromatic N) is 1. The van der Waals surface area contributed by atoms with E-state index in [0.29, 0.717) is 12.0 Å². The van der Waals surface area contributed by atoms with Crippen LogP contribution in [-0.2, 0) is 11.2 Å². The van der Waals surface area contributed by atoms with Gasteiger partial charge in [0.05, 0.1) is 18.2 Å². The van der Waals surface area contributed by atoms with Crippen LogP contribution in [0.15, 0.2) is 12.1 Å². The van der Waals surface area contributed by atoms with Gasteiger partial charge in [0.2, 0.25) is 0 Å². The van der Waals surface area contributed by atoms with Gasteiger partial charge < -0.3 is 4.74 Å². The maximum Gasteiger partial charge on any atom is 0.339 e. The molecular weight excluding hydrogens is 230 g/mol. The first-order valence-corrected chi connectivity index (χ1v) is 5.86. The third-order valence-electron chi connectivity index (χ3n) is 3.17. The Labute approximate surface area is 105 Å². The lowest BCUT2D eigenvalue weighted by molar-refractivity contribution is 0.0600. The molecule has 2 rings (SSSR count). The van der Waals surface area contributed by atoms with Crippen LogP contribution in [0.2, 0.25) is 0 Å². The van der Waals surface area contributed by atoms with Crippen molar-refractivity contribution < 1.29 is 14.3 Å². The van der Waals surface area contributed by atoms with Crippen LogP contribution in [0.5, 0.6) is 0 Å². The maximum atomic E-state index is 11.9. The third-order valence-corrected chi connectivity index (χ3v) is 3.17. The number of carbonyl (C=O) groups is 2. The number of methoxy groups -OCH3 is 1. The fourth-order valence-corrected chi connectivity index (χ4v) is 2.22. The van der Waals surface area contributed by atoms with Crippen LogP contribution in [0, 0.1) is 11.3 Å². The second-order valence-electron chi connectivity index (χ2n) is 4.29. The zero-order valence-electron chi connectivity index (χ0n) is 10.2. The van der Waals surface area contributed by atoms with E-state index in [1.807, 2.05) is 6.07 Å². The average molecular weight is 243 g/mol. The fourth-order valence-electron chi connectivity index (χ4n) is 2.22. The predicted octanol–water partition coefficient (Wildman–Crippen LogP) is 2.25. The number of ether oxygens (including phenoxy) is 1. The van der Waals surface area contributed by atoms with Crippen LogP contribution in [0.3, 0.4) is 0 Å². The minimum absolute atomic E-state index is 0.0513. The molecule has 4 nitrogen and oxygen atoms in total. The molecule has 0 fully saturated rings. The molecule has 0 aromatic heterocycles. The van der Waals surface area contributed by atoms with Gasteiger partial charge >= 0.3 is 5.97 Å². The Hall–Kier alpha value is -2.15. The van der Waals surface area contributed by atoms with Gasteiger partial charge in [0, 0.05) is 12.0 Å². The molecule has 0 bridgehead atoms. The normalized spacial score (nSPS) is 14.3. The van der Waals surface area contributed by atoms with E-state index >= 15 is 0 Å². The first-order chi connectivity index (χ1) is 8.67. The Bertz CT molecular complexity index is 555. The van der Waals surface area contributed by atoms with E-state index in [0.717, 1.165) is 24.8 Å². The smallest absolute Gasteiger partial charge is 0.339 e. The molecule has 0 amide bonds. The highest BCUT2D eigenvalue weighted by Crippen LogP contribution is 2.24. The molecule has 0 radical (unpaired) electrons. The highest BCUT2D eigenvalue weighted by atomic mass is 16.5. The molecule has 0 saturated heterocycles. The van der Waals surface area contributed by atoms with Gasteiger partial charge in [0.15, 0.2) is 5.78 Å². The van der Waals surface area contributed by atoms with Crippen LogP contribution < -0.4 is 0 Å². The number of hydrogen-bond acceptors (Lipinski definition) is 4. The SMILES string of the molecule is COC(=O)c1cc2c(cc1C#N)C(=O)CCCC2.